The Kier molecular flexibility index (Phi) is 10.1. The molecule has 1 aromatic carbocycles. The van der Waals surface area contributed by atoms with Crippen molar-refractivity contribution >= 4 is 26.1 Å². The lowest BCUT2D eigenvalue weighted by Crippen LogP contribution is -2.50. The number of rotatable bonds is 10. The second-order valence-corrected chi connectivity index (χ2v) is 15.8. The van der Waals surface area contributed by atoms with Crippen molar-refractivity contribution in [3.63, 3.8) is 0 Å². The maximum Gasteiger partial charge on any atom is 0.408 e. The summed E-state index contributed by atoms with van der Waals surface area (Å²) in [4.78, 5) is 35.9. The molecule has 0 unspecified atom stereocenters. The summed E-state index contributed by atoms with van der Waals surface area (Å²) in [6, 6.07) is 3.52. The van der Waals surface area contributed by atoms with Gasteiger partial charge >= 0.3 is 12.1 Å². The number of nitrogens with zero attached hydrogens (tertiary/aromatic N) is 1. The Morgan fingerprint density at radius 1 is 1.06 bits per heavy atom. The zero-order valence-corrected chi connectivity index (χ0v) is 23.1. The van der Waals surface area contributed by atoms with E-state index in [0.29, 0.717) is 22.4 Å². The Morgan fingerprint density at radius 2 is 1.59 bits per heavy atom. The number of amides is 1. The number of methoxy groups -OCH3 is 1. The van der Waals surface area contributed by atoms with Gasteiger partial charge in [-0.1, -0.05) is 41.5 Å². The molecule has 1 N–H and O–H groups in total. The van der Waals surface area contributed by atoms with E-state index >= 15 is 0 Å². The molecule has 1 rings (SSSR count). The molecule has 34 heavy (non-hydrogen) atoms. The van der Waals surface area contributed by atoms with Gasteiger partial charge in [0.05, 0.1) is 18.1 Å². The van der Waals surface area contributed by atoms with Crippen LogP contribution in [0.2, 0.25) is 16.6 Å². The molecule has 0 aliphatic heterocycles. The van der Waals surface area contributed by atoms with Crippen molar-refractivity contribution in [3.05, 3.63) is 33.9 Å². The lowest BCUT2D eigenvalue weighted by atomic mass is 10.0. The second-order valence-electron chi connectivity index (χ2n) is 10.4. The fourth-order valence-electron chi connectivity index (χ4n) is 4.51. The minimum Gasteiger partial charge on any atom is -0.543 e. The van der Waals surface area contributed by atoms with Gasteiger partial charge in [-0.3, -0.25) is 10.1 Å². The van der Waals surface area contributed by atoms with Crippen LogP contribution in [0.15, 0.2) is 18.2 Å². The van der Waals surface area contributed by atoms with E-state index in [4.69, 9.17) is 13.9 Å². The van der Waals surface area contributed by atoms with Gasteiger partial charge < -0.3 is 19.2 Å². The van der Waals surface area contributed by atoms with Crippen LogP contribution in [0.1, 0.15) is 67.9 Å². The van der Waals surface area contributed by atoms with Crippen LogP contribution in [0.4, 0.5) is 10.5 Å². The summed E-state index contributed by atoms with van der Waals surface area (Å²) in [6.45, 7) is 17.9. The van der Waals surface area contributed by atoms with Crippen molar-refractivity contribution < 1.29 is 28.4 Å². The first-order valence-electron chi connectivity index (χ1n) is 11.6. The second kappa shape index (κ2) is 11.7. The molecule has 0 bridgehead atoms. The van der Waals surface area contributed by atoms with E-state index in [1.54, 1.807) is 32.9 Å². The van der Waals surface area contributed by atoms with Crippen LogP contribution >= 0.6 is 0 Å². The highest BCUT2D eigenvalue weighted by molar-refractivity contribution is 6.78. The molecule has 0 fully saturated rings. The third-order valence-electron chi connectivity index (χ3n) is 5.86. The number of nitro benzene ring substituents is 1. The van der Waals surface area contributed by atoms with E-state index in [1.807, 2.05) is 0 Å². The summed E-state index contributed by atoms with van der Waals surface area (Å²) in [5, 5.41) is 14.4. The number of hydrogen-bond acceptors (Lipinski definition) is 7. The van der Waals surface area contributed by atoms with Crippen molar-refractivity contribution in [1.82, 2.24) is 5.32 Å². The van der Waals surface area contributed by atoms with Crippen LogP contribution in [0.5, 0.6) is 5.75 Å². The number of nitrogens with one attached hydrogen (secondary N) is 1. The Labute approximate surface area is 203 Å². The summed E-state index contributed by atoms with van der Waals surface area (Å²) in [6.07, 6.45) is -0.948. The van der Waals surface area contributed by atoms with Crippen LogP contribution < -0.4 is 9.74 Å². The number of esters is 1. The van der Waals surface area contributed by atoms with Crippen molar-refractivity contribution in [1.29, 1.82) is 0 Å². The molecule has 1 amide bonds. The van der Waals surface area contributed by atoms with E-state index in [0.717, 1.165) is 0 Å². The maximum absolute atomic E-state index is 12.3. The molecule has 0 saturated carbocycles. The highest BCUT2D eigenvalue weighted by Crippen LogP contribution is 2.43. The fraction of sp³-hybridized carbons (Fsp3) is 0.667. The van der Waals surface area contributed by atoms with Crippen LogP contribution in [-0.2, 0) is 20.7 Å². The van der Waals surface area contributed by atoms with Crippen molar-refractivity contribution in [2.75, 3.05) is 7.11 Å². The van der Waals surface area contributed by atoms with Crippen LogP contribution in [0.25, 0.3) is 0 Å². The third-order valence-corrected chi connectivity index (χ3v) is 11.9. The lowest BCUT2D eigenvalue weighted by Gasteiger charge is -2.42. The number of hydrogen-bond donors (Lipinski definition) is 1. The average Bonchev–Trinajstić information content (AvgIpc) is 2.69. The molecule has 0 spiro atoms. The van der Waals surface area contributed by atoms with Gasteiger partial charge in [-0.15, -0.1) is 0 Å². The molecule has 0 aromatic heterocycles. The largest absolute Gasteiger partial charge is 0.543 e. The van der Waals surface area contributed by atoms with E-state index in [1.165, 1.54) is 13.2 Å². The van der Waals surface area contributed by atoms with Crippen molar-refractivity contribution in [2.45, 2.75) is 97.0 Å². The van der Waals surface area contributed by atoms with Gasteiger partial charge in [0.2, 0.25) is 0 Å². The van der Waals surface area contributed by atoms with Crippen LogP contribution in [-0.4, -0.2) is 44.1 Å². The van der Waals surface area contributed by atoms with Crippen LogP contribution in [0, 0.1) is 10.1 Å². The van der Waals surface area contributed by atoms with E-state index in [-0.39, 0.29) is 17.7 Å². The molecule has 1 aromatic rings. The number of carbonyl (C=O) groups is 2. The molecule has 0 aliphatic carbocycles. The molecule has 192 valence electrons. The molecule has 10 heteroatoms. The smallest absolute Gasteiger partial charge is 0.408 e. The number of alkyl carbamates (subject to hydrolysis) is 1. The molecule has 0 aliphatic rings. The molecule has 0 radical (unpaired) electrons. The summed E-state index contributed by atoms with van der Waals surface area (Å²) in [5.41, 5.74) is 0.218. The van der Waals surface area contributed by atoms with E-state index < -0.39 is 36.9 Å². The monoisotopic (exact) mass is 496 g/mol. The predicted octanol–water partition coefficient (Wildman–Crippen LogP) is 5.76. The first-order valence-corrected chi connectivity index (χ1v) is 13.7. The highest BCUT2D eigenvalue weighted by Gasteiger charge is 2.47. The standard InChI is InChI=1S/C24H40N2O7Si/c1-15(2)34(16(3)4,17(5)6)33-19-12-11-18(21(14-19)26(29)30)13-20(22(27)31-10)25-23(28)32-24(7,8)9/h11-12,14-17,20H,13H2,1-10H3,(H,25,28)/t20-/m0/s1. The van der Waals surface area contributed by atoms with Gasteiger partial charge in [-0.25, -0.2) is 9.59 Å². The minimum atomic E-state index is -2.31. The summed E-state index contributed by atoms with van der Waals surface area (Å²) < 4.78 is 16.6. The van der Waals surface area contributed by atoms with Crippen molar-refractivity contribution in [3.8, 4) is 5.75 Å². The Bertz CT molecular complexity index is 857. The number of ether oxygens (including phenoxy) is 2. The molecule has 0 saturated heterocycles. The maximum atomic E-state index is 12.3. The minimum absolute atomic E-state index is 0.135. The van der Waals surface area contributed by atoms with Gasteiger partial charge in [-0.05, 0) is 49.5 Å². The zero-order chi connectivity index (χ0) is 26.4. The zero-order valence-electron chi connectivity index (χ0n) is 22.1. The molecular weight excluding hydrogens is 456 g/mol. The Hall–Kier alpha value is -2.62. The molecule has 0 heterocycles. The fourth-order valence-corrected chi connectivity index (χ4v) is 9.75. The normalized spacial score (nSPS) is 13.1. The third kappa shape index (κ3) is 7.44. The quantitative estimate of drug-likeness (QED) is 0.189. The van der Waals surface area contributed by atoms with Gasteiger partial charge in [0.15, 0.2) is 0 Å². The lowest BCUT2D eigenvalue weighted by molar-refractivity contribution is -0.385. The Morgan fingerprint density at radius 3 is 2.00 bits per heavy atom. The average molecular weight is 497 g/mol. The number of carbonyl (C=O) groups excluding carboxylic acids is 2. The van der Waals surface area contributed by atoms with E-state index in [2.05, 4.69) is 46.9 Å². The number of benzene rings is 1. The first-order chi connectivity index (χ1) is 15.5. The van der Waals surface area contributed by atoms with E-state index in [9.17, 15) is 19.7 Å². The first kappa shape index (κ1) is 29.4. The molecule has 1 atom stereocenters. The van der Waals surface area contributed by atoms with Gasteiger partial charge in [0.25, 0.3) is 14.0 Å². The van der Waals surface area contributed by atoms with Crippen LogP contribution in [0.3, 0.4) is 0 Å². The summed E-state index contributed by atoms with van der Waals surface area (Å²) in [7, 11) is -1.13. The number of nitro groups is 1. The highest BCUT2D eigenvalue weighted by atomic mass is 28.4. The molecular formula is C24H40N2O7Si. The van der Waals surface area contributed by atoms with Gasteiger partial charge in [0.1, 0.15) is 17.4 Å². The summed E-state index contributed by atoms with van der Waals surface area (Å²) in [5.74, 6) is -0.292. The predicted molar refractivity (Wildman–Crippen MR) is 134 cm³/mol. The summed E-state index contributed by atoms with van der Waals surface area (Å²) >= 11 is 0. The van der Waals surface area contributed by atoms with Gasteiger partial charge in [0, 0.05) is 12.0 Å². The topological polar surface area (TPSA) is 117 Å². The SMILES string of the molecule is COC(=O)[C@H](Cc1ccc(O[Si](C(C)C)(C(C)C)C(C)C)cc1[N+](=O)[O-])NC(=O)OC(C)(C)C. The molecule has 9 nitrogen and oxygen atoms in total. The Balaban J connectivity index is 3.33. The van der Waals surface area contributed by atoms with Crippen molar-refractivity contribution in [2.24, 2.45) is 0 Å². The van der Waals surface area contributed by atoms with Gasteiger partial charge in [-0.2, -0.15) is 0 Å².